The highest BCUT2D eigenvalue weighted by molar-refractivity contribution is 6.02. The Labute approximate surface area is 110 Å². The van der Waals surface area contributed by atoms with Crippen molar-refractivity contribution < 1.29 is 24.2 Å². The van der Waals surface area contributed by atoms with Gasteiger partial charge in [-0.3, -0.25) is 4.79 Å². The molecule has 0 fully saturated rings. The van der Waals surface area contributed by atoms with Crippen LogP contribution in [-0.2, 0) is 9.53 Å². The SMILES string of the molecule is COc1ccc(C(=O)O)c(NC(=O)C(CN)OC)c1. The second-order valence-corrected chi connectivity index (χ2v) is 3.67. The van der Waals surface area contributed by atoms with Crippen LogP contribution in [0.15, 0.2) is 18.2 Å². The molecule has 7 heteroatoms. The number of carboxylic acids is 1. The lowest BCUT2D eigenvalue weighted by Crippen LogP contribution is -2.36. The molecule has 1 aromatic rings. The van der Waals surface area contributed by atoms with Crippen LogP contribution in [0.4, 0.5) is 5.69 Å². The van der Waals surface area contributed by atoms with Crippen molar-refractivity contribution in [3.05, 3.63) is 23.8 Å². The number of anilines is 1. The number of carbonyl (C=O) groups excluding carboxylic acids is 1. The normalized spacial score (nSPS) is 11.7. The number of benzene rings is 1. The van der Waals surface area contributed by atoms with Gasteiger partial charge in [0.15, 0.2) is 0 Å². The first-order valence-electron chi connectivity index (χ1n) is 5.48. The zero-order valence-electron chi connectivity index (χ0n) is 10.7. The zero-order valence-corrected chi connectivity index (χ0v) is 10.7. The third kappa shape index (κ3) is 3.67. The topological polar surface area (TPSA) is 111 Å². The van der Waals surface area contributed by atoms with Crippen LogP contribution in [0.2, 0.25) is 0 Å². The van der Waals surface area contributed by atoms with Gasteiger partial charge >= 0.3 is 5.97 Å². The van der Waals surface area contributed by atoms with Crippen molar-refractivity contribution in [3.63, 3.8) is 0 Å². The summed E-state index contributed by atoms with van der Waals surface area (Å²) in [5, 5.41) is 11.5. The van der Waals surface area contributed by atoms with Gasteiger partial charge in [-0.25, -0.2) is 4.79 Å². The molecule has 1 aromatic carbocycles. The fourth-order valence-corrected chi connectivity index (χ4v) is 1.46. The van der Waals surface area contributed by atoms with Gasteiger partial charge in [0.2, 0.25) is 0 Å². The van der Waals surface area contributed by atoms with Crippen molar-refractivity contribution in [1.29, 1.82) is 0 Å². The fraction of sp³-hybridized carbons (Fsp3) is 0.333. The second-order valence-electron chi connectivity index (χ2n) is 3.67. The molecule has 0 aliphatic heterocycles. The molecular weight excluding hydrogens is 252 g/mol. The van der Waals surface area contributed by atoms with Crippen LogP contribution >= 0.6 is 0 Å². The van der Waals surface area contributed by atoms with E-state index in [1.165, 1.54) is 32.4 Å². The predicted octanol–water partition coefficient (Wildman–Crippen LogP) is 0.306. The minimum Gasteiger partial charge on any atom is -0.497 e. The number of rotatable bonds is 6. The van der Waals surface area contributed by atoms with Crippen LogP contribution in [-0.4, -0.2) is 43.9 Å². The van der Waals surface area contributed by atoms with Gasteiger partial charge in [0.1, 0.15) is 11.9 Å². The van der Waals surface area contributed by atoms with Crippen LogP contribution in [0.1, 0.15) is 10.4 Å². The molecule has 0 saturated carbocycles. The first kappa shape index (κ1) is 14.9. The van der Waals surface area contributed by atoms with E-state index in [1.54, 1.807) is 0 Å². The molecule has 19 heavy (non-hydrogen) atoms. The van der Waals surface area contributed by atoms with E-state index in [9.17, 15) is 9.59 Å². The van der Waals surface area contributed by atoms with E-state index in [-0.39, 0.29) is 17.8 Å². The maximum atomic E-state index is 11.8. The molecule has 1 unspecified atom stereocenters. The summed E-state index contributed by atoms with van der Waals surface area (Å²) >= 11 is 0. The average molecular weight is 268 g/mol. The lowest BCUT2D eigenvalue weighted by atomic mass is 10.1. The monoisotopic (exact) mass is 268 g/mol. The van der Waals surface area contributed by atoms with E-state index < -0.39 is 18.0 Å². The highest BCUT2D eigenvalue weighted by Gasteiger charge is 2.19. The van der Waals surface area contributed by atoms with Crippen molar-refractivity contribution in [2.24, 2.45) is 5.73 Å². The first-order valence-corrected chi connectivity index (χ1v) is 5.48. The molecule has 7 nitrogen and oxygen atoms in total. The first-order chi connectivity index (χ1) is 9.03. The number of amides is 1. The van der Waals surface area contributed by atoms with Crippen LogP contribution in [0.25, 0.3) is 0 Å². The van der Waals surface area contributed by atoms with E-state index in [0.29, 0.717) is 5.75 Å². The highest BCUT2D eigenvalue weighted by atomic mass is 16.5. The molecular formula is C12H16N2O5. The van der Waals surface area contributed by atoms with Crippen molar-refractivity contribution in [1.82, 2.24) is 0 Å². The van der Waals surface area contributed by atoms with Gasteiger partial charge in [-0.05, 0) is 12.1 Å². The van der Waals surface area contributed by atoms with Crippen molar-refractivity contribution >= 4 is 17.6 Å². The fourth-order valence-electron chi connectivity index (χ4n) is 1.46. The molecule has 4 N–H and O–H groups in total. The van der Waals surface area contributed by atoms with Gasteiger partial charge in [0, 0.05) is 19.7 Å². The number of nitrogens with two attached hydrogens (primary N) is 1. The number of nitrogens with one attached hydrogen (secondary N) is 1. The largest absolute Gasteiger partial charge is 0.497 e. The van der Waals surface area contributed by atoms with Gasteiger partial charge in [0.05, 0.1) is 18.4 Å². The van der Waals surface area contributed by atoms with E-state index in [1.807, 2.05) is 0 Å². The Morgan fingerprint density at radius 3 is 2.58 bits per heavy atom. The lowest BCUT2D eigenvalue weighted by Gasteiger charge is -2.15. The third-order valence-electron chi connectivity index (χ3n) is 2.51. The lowest BCUT2D eigenvalue weighted by molar-refractivity contribution is -0.125. The number of ether oxygens (including phenoxy) is 2. The van der Waals surface area contributed by atoms with Gasteiger partial charge in [0.25, 0.3) is 5.91 Å². The Kier molecular flexibility index (Phi) is 5.28. The maximum Gasteiger partial charge on any atom is 0.337 e. The van der Waals surface area contributed by atoms with E-state index >= 15 is 0 Å². The summed E-state index contributed by atoms with van der Waals surface area (Å²) in [6, 6.07) is 4.27. The van der Waals surface area contributed by atoms with Gasteiger partial charge in [-0.15, -0.1) is 0 Å². The Hall–Kier alpha value is -2.12. The van der Waals surface area contributed by atoms with Gasteiger partial charge in [-0.2, -0.15) is 0 Å². The molecule has 0 spiro atoms. The van der Waals surface area contributed by atoms with E-state index in [2.05, 4.69) is 5.32 Å². The predicted molar refractivity (Wildman–Crippen MR) is 68.4 cm³/mol. The molecule has 0 aromatic heterocycles. The van der Waals surface area contributed by atoms with Crippen molar-refractivity contribution in [3.8, 4) is 5.75 Å². The Balaban J connectivity index is 3.03. The number of hydrogen-bond acceptors (Lipinski definition) is 5. The molecule has 0 aliphatic rings. The average Bonchev–Trinajstić information content (AvgIpc) is 2.39. The molecule has 1 amide bonds. The molecule has 0 bridgehead atoms. The minimum absolute atomic E-state index is 0.00525. The maximum absolute atomic E-state index is 11.8. The molecule has 0 aliphatic carbocycles. The molecule has 0 radical (unpaired) electrons. The molecule has 104 valence electrons. The molecule has 1 rings (SSSR count). The Morgan fingerprint density at radius 1 is 1.42 bits per heavy atom. The minimum atomic E-state index is -1.15. The summed E-state index contributed by atoms with van der Waals surface area (Å²) in [5.74, 6) is -1.23. The van der Waals surface area contributed by atoms with Crippen LogP contribution in [0.5, 0.6) is 5.75 Å². The number of aromatic carboxylic acids is 1. The number of carboxylic acid groups (broad SMARTS) is 1. The summed E-state index contributed by atoms with van der Waals surface area (Å²) in [6.45, 7) is -0.00525. The number of carbonyl (C=O) groups is 2. The van der Waals surface area contributed by atoms with Gasteiger partial charge in [-0.1, -0.05) is 0 Å². The summed E-state index contributed by atoms with van der Waals surface area (Å²) in [5.41, 5.74) is 5.46. The van der Waals surface area contributed by atoms with E-state index in [4.69, 9.17) is 20.3 Å². The number of hydrogen-bond donors (Lipinski definition) is 3. The summed E-state index contributed by atoms with van der Waals surface area (Å²) in [7, 11) is 2.79. The Morgan fingerprint density at radius 2 is 2.11 bits per heavy atom. The summed E-state index contributed by atoms with van der Waals surface area (Å²) in [6.07, 6.45) is -0.840. The molecule has 0 saturated heterocycles. The standard InChI is InChI=1S/C12H16N2O5/c1-18-7-3-4-8(12(16)17)9(5-7)14-11(15)10(6-13)19-2/h3-5,10H,6,13H2,1-2H3,(H,14,15)(H,16,17). The Bertz CT molecular complexity index is 471. The van der Waals surface area contributed by atoms with Crippen LogP contribution in [0.3, 0.4) is 0 Å². The van der Waals surface area contributed by atoms with E-state index in [0.717, 1.165) is 0 Å². The zero-order chi connectivity index (χ0) is 14.4. The van der Waals surface area contributed by atoms with Gasteiger partial charge < -0.3 is 25.6 Å². The highest BCUT2D eigenvalue weighted by Crippen LogP contribution is 2.22. The van der Waals surface area contributed by atoms with Crippen molar-refractivity contribution in [2.75, 3.05) is 26.1 Å². The molecule has 1 atom stereocenters. The third-order valence-corrected chi connectivity index (χ3v) is 2.51. The van der Waals surface area contributed by atoms with Crippen LogP contribution < -0.4 is 15.8 Å². The smallest absolute Gasteiger partial charge is 0.337 e. The second kappa shape index (κ2) is 6.72. The summed E-state index contributed by atoms with van der Waals surface area (Å²) < 4.78 is 9.86. The molecule has 0 heterocycles. The van der Waals surface area contributed by atoms with Crippen LogP contribution in [0, 0.1) is 0 Å². The quantitative estimate of drug-likeness (QED) is 0.684. The van der Waals surface area contributed by atoms with Crippen molar-refractivity contribution in [2.45, 2.75) is 6.10 Å². The summed E-state index contributed by atoms with van der Waals surface area (Å²) in [4.78, 5) is 22.9. The number of methoxy groups -OCH3 is 2.